The summed E-state index contributed by atoms with van der Waals surface area (Å²) < 4.78 is 10.8. The van der Waals surface area contributed by atoms with Gasteiger partial charge in [-0.2, -0.15) is 0 Å². The number of nitrogens with zero attached hydrogens (tertiary/aromatic N) is 2. The van der Waals surface area contributed by atoms with Crippen LogP contribution >= 0.6 is 11.3 Å². The van der Waals surface area contributed by atoms with Crippen LogP contribution in [0, 0.1) is 13.8 Å². The SMILES string of the molecule is Cc1c(NCCc2ccc3c(c2)OCO3)cc(-c2ncc3ccsc3n2)c(C(=O)O)c1C. The van der Waals surface area contributed by atoms with Crippen LogP contribution in [0.2, 0.25) is 0 Å². The molecule has 8 heteroatoms. The van der Waals surface area contributed by atoms with E-state index in [4.69, 9.17) is 9.47 Å². The molecule has 1 aliphatic heterocycles. The molecule has 2 aromatic heterocycles. The van der Waals surface area contributed by atoms with E-state index in [-0.39, 0.29) is 12.4 Å². The van der Waals surface area contributed by atoms with Gasteiger partial charge in [0.25, 0.3) is 0 Å². The highest BCUT2D eigenvalue weighted by atomic mass is 32.1. The summed E-state index contributed by atoms with van der Waals surface area (Å²) in [4.78, 5) is 22.0. The van der Waals surface area contributed by atoms with Gasteiger partial charge < -0.3 is 19.9 Å². The molecule has 0 atom stereocenters. The molecule has 1 aliphatic rings. The third-order valence-corrected chi connectivity index (χ3v) is 6.55. The molecule has 32 heavy (non-hydrogen) atoms. The van der Waals surface area contributed by atoms with Crippen LogP contribution < -0.4 is 14.8 Å². The van der Waals surface area contributed by atoms with Gasteiger partial charge in [0.2, 0.25) is 6.79 Å². The molecule has 3 heterocycles. The molecule has 0 amide bonds. The first kappa shape index (κ1) is 20.3. The molecular weight excluding hydrogens is 426 g/mol. The number of nitrogens with one attached hydrogen (secondary N) is 1. The van der Waals surface area contributed by atoms with Gasteiger partial charge in [0.15, 0.2) is 17.3 Å². The lowest BCUT2D eigenvalue weighted by Gasteiger charge is -2.17. The van der Waals surface area contributed by atoms with Crippen molar-refractivity contribution < 1.29 is 19.4 Å². The Labute approximate surface area is 188 Å². The third-order valence-electron chi connectivity index (χ3n) is 5.73. The largest absolute Gasteiger partial charge is 0.478 e. The molecule has 0 saturated heterocycles. The summed E-state index contributed by atoms with van der Waals surface area (Å²) >= 11 is 1.51. The van der Waals surface area contributed by atoms with Gasteiger partial charge >= 0.3 is 5.97 Å². The predicted molar refractivity (Wildman–Crippen MR) is 124 cm³/mol. The molecule has 4 aromatic rings. The van der Waals surface area contributed by atoms with Crippen molar-refractivity contribution in [3.8, 4) is 22.9 Å². The van der Waals surface area contributed by atoms with Crippen molar-refractivity contribution >= 4 is 33.2 Å². The number of rotatable bonds is 6. The van der Waals surface area contributed by atoms with Crippen LogP contribution in [0.15, 0.2) is 41.9 Å². The lowest BCUT2D eigenvalue weighted by atomic mass is 9.95. The fraction of sp³-hybridized carbons (Fsp3) is 0.208. The summed E-state index contributed by atoms with van der Waals surface area (Å²) in [7, 11) is 0. The normalized spacial score (nSPS) is 12.3. The molecule has 0 spiro atoms. The maximum Gasteiger partial charge on any atom is 0.336 e. The van der Waals surface area contributed by atoms with E-state index < -0.39 is 5.97 Å². The molecule has 0 saturated carbocycles. The molecule has 2 aromatic carbocycles. The van der Waals surface area contributed by atoms with E-state index in [1.807, 2.05) is 49.6 Å². The number of benzene rings is 2. The zero-order valence-electron chi connectivity index (χ0n) is 17.6. The first-order chi connectivity index (χ1) is 15.5. The summed E-state index contributed by atoms with van der Waals surface area (Å²) in [6.45, 7) is 4.69. The maximum atomic E-state index is 12.1. The quantitative estimate of drug-likeness (QED) is 0.427. The Balaban J connectivity index is 1.45. The second kappa shape index (κ2) is 8.12. The molecule has 7 nitrogen and oxygen atoms in total. The number of hydrogen-bond donors (Lipinski definition) is 2. The second-order valence-corrected chi connectivity index (χ2v) is 8.54. The van der Waals surface area contributed by atoms with Crippen molar-refractivity contribution in [3.63, 3.8) is 0 Å². The summed E-state index contributed by atoms with van der Waals surface area (Å²) in [5.41, 5.74) is 4.36. The van der Waals surface area contributed by atoms with Gasteiger partial charge in [-0.05, 0) is 66.6 Å². The number of hydrogen-bond acceptors (Lipinski definition) is 7. The number of thiophene rings is 1. The molecule has 0 radical (unpaired) electrons. The summed E-state index contributed by atoms with van der Waals surface area (Å²) in [6.07, 6.45) is 2.52. The van der Waals surface area contributed by atoms with Crippen LogP contribution in [0.3, 0.4) is 0 Å². The van der Waals surface area contributed by atoms with E-state index in [0.29, 0.717) is 23.5 Å². The van der Waals surface area contributed by atoms with Crippen LogP contribution in [0.1, 0.15) is 27.0 Å². The van der Waals surface area contributed by atoms with Gasteiger partial charge in [-0.15, -0.1) is 11.3 Å². The zero-order valence-corrected chi connectivity index (χ0v) is 18.5. The maximum absolute atomic E-state index is 12.1. The minimum Gasteiger partial charge on any atom is -0.478 e. The fourth-order valence-corrected chi connectivity index (χ4v) is 4.62. The molecule has 5 rings (SSSR count). The minimum absolute atomic E-state index is 0.236. The van der Waals surface area contributed by atoms with E-state index in [9.17, 15) is 9.90 Å². The van der Waals surface area contributed by atoms with E-state index in [1.165, 1.54) is 11.3 Å². The van der Waals surface area contributed by atoms with Crippen LogP contribution in [0.4, 0.5) is 5.69 Å². The second-order valence-electron chi connectivity index (χ2n) is 7.64. The number of aromatic nitrogens is 2. The highest BCUT2D eigenvalue weighted by Crippen LogP contribution is 2.34. The molecule has 2 N–H and O–H groups in total. The monoisotopic (exact) mass is 447 g/mol. The molecule has 0 aliphatic carbocycles. The average Bonchev–Trinajstić information content (AvgIpc) is 3.44. The predicted octanol–water partition coefficient (Wildman–Crippen LogP) is 5.06. The number of fused-ring (bicyclic) bond motifs is 2. The van der Waals surface area contributed by atoms with Crippen molar-refractivity contribution in [1.29, 1.82) is 0 Å². The van der Waals surface area contributed by atoms with E-state index >= 15 is 0 Å². The lowest BCUT2D eigenvalue weighted by Crippen LogP contribution is -2.11. The Bertz CT molecular complexity index is 1350. The number of carboxylic acids is 1. The molecule has 162 valence electrons. The Morgan fingerprint density at radius 1 is 1.16 bits per heavy atom. The summed E-state index contributed by atoms with van der Waals surface area (Å²) in [5.74, 6) is 0.968. The van der Waals surface area contributed by atoms with Gasteiger partial charge in [0, 0.05) is 29.4 Å². The average molecular weight is 448 g/mol. The van der Waals surface area contributed by atoms with Gasteiger partial charge in [-0.3, -0.25) is 0 Å². The number of ether oxygens (including phenoxy) is 2. The van der Waals surface area contributed by atoms with Gasteiger partial charge in [0.05, 0.1) is 5.56 Å². The Hall–Kier alpha value is -3.65. The number of anilines is 1. The van der Waals surface area contributed by atoms with E-state index in [1.54, 1.807) is 6.20 Å². The number of carbonyl (C=O) groups is 1. The van der Waals surface area contributed by atoms with Crippen molar-refractivity contribution in [1.82, 2.24) is 9.97 Å². The van der Waals surface area contributed by atoms with Crippen LogP contribution in [0.25, 0.3) is 21.6 Å². The Morgan fingerprint density at radius 2 is 2.00 bits per heavy atom. The Morgan fingerprint density at radius 3 is 2.84 bits per heavy atom. The third kappa shape index (κ3) is 3.62. The zero-order chi connectivity index (χ0) is 22.2. The molecule has 0 bridgehead atoms. The van der Waals surface area contributed by atoms with Crippen LogP contribution in [0.5, 0.6) is 11.5 Å². The van der Waals surface area contributed by atoms with Crippen molar-refractivity contribution in [2.45, 2.75) is 20.3 Å². The smallest absolute Gasteiger partial charge is 0.336 e. The van der Waals surface area contributed by atoms with Crippen LogP contribution in [-0.2, 0) is 6.42 Å². The topological polar surface area (TPSA) is 93.6 Å². The molecular formula is C24H21N3O4S. The molecule has 0 unspecified atom stereocenters. The Kier molecular flexibility index (Phi) is 5.14. The highest BCUT2D eigenvalue weighted by molar-refractivity contribution is 7.16. The molecule has 0 fully saturated rings. The van der Waals surface area contributed by atoms with Crippen molar-refractivity contribution in [3.05, 3.63) is 64.2 Å². The lowest BCUT2D eigenvalue weighted by molar-refractivity contribution is 0.0696. The van der Waals surface area contributed by atoms with Crippen LogP contribution in [-0.4, -0.2) is 34.4 Å². The van der Waals surface area contributed by atoms with Gasteiger partial charge in [-0.25, -0.2) is 14.8 Å². The highest BCUT2D eigenvalue weighted by Gasteiger charge is 2.21. The van der Waals surface area contributed by atoms with Gasteiger partial charge in [-0.1, -0.05) is 6.07 Å². The first-order valence-electron chi connectivity index (χ1n) is 10.2. The van der Waals surface area contributed by atoms with Gasteiger partial charge in [0.1, 0.15) is 4.83 Å². The van der Waals surface area contributed by atoms with Crippen molar-refractivity contribution in [2.75, 3.05) is 18.7 Å². The summed E-state index contributed by atoms with van der Waals surface area (Å²) in [6, 6.07) is 9.73. The standard InChI is InChI=1S/C24H21N3O4S/c1-13-14(2)21(24(28)29)17(22-26-11-16-6-8-32-23(16)27-22)10-18(13)25-7-5-15-3-4-19-20(9-15)31-12-30-19/h3-4,6,8-11,25H,5,7,12H2,1-2H3,(H,28,29). The van der Waals surface area contributed by atoms with E-state index in [2.05, 4.69) is 15.3 Å². The number of aromatic carboxylic acids is 1. The number of carboxylic acid groups (broad SMARTS) is 1. The van der Waals surface area contributed by atoms with Crippen molar-refractivity contribution in [2.24, 2.45) is 0 Å². The fourth-order valence-electron chi connectivity index (χ4n) is 3.88. The minimum atomic E-state index is -0.984. The first-order valence-corrected chi connectivity index (χ1v) is 11.1. The summed E-state index contributed by atoms with van der Waals surface area (Å²) in [5, 5.41) is 16.3. The van der Waals surface area contributed by atoms with E-state index in [0.717, 1.165) is 45.0 Å².